The maximum Gasteiger partial charge on any atom is 0.358 e. The molecular formula is C15H11ClN4O3. The number of esters is 1. The third-order valence-corrected chi connectivity index (χ3v) is 3.13. The first-order chi connectivity index (χ1) is 11.1. The van der Waals surface area contributed by atoms with Crippen molar-refractivity contribution in [1.82, 2.24) is 20.1 Å². The molecule has 0 radical (unpaired) electrons. The molecule has 0 aliphatic heterocycles. The van der Waals surface area contributed by atoms with Gasteiger partial charge in [-0.25, -0.2) is 9.78 Å². The Bertz CT molecular complexity index is 815. The summed E-state index contributed by atoms with van der Waals surface area (Å²) in [5, 5.41) is 4.38. The molecule has 0 spiro atoms. The van der Waals surface area contributed by atoms with E-state index in [0.29, 0.717) is 16.6 Å². The molecule has 3 aromatic rings. The lowest BCUT2D eigenvalue weighted by Crippen LogP contribution is -2.08. The van der Waals surface area contributed by atoms with E-state index in [1.54, 1.807) is 31.2 Å². The number of rotatable bonds is 4. The maximum atomic E-state index is 11.8. The fourth-order valence-electron chi connectivity index (χ4n) is 1.72. The Balaban J connectivity index is 1.64. The van der Waals surface area contributed by atoms with Crippen molar-refractivity contribution in [2.24, 2.45) is 0 Å². The second kappa shape index (κ2) is 6.53. The predicted molar refractivity (Wildman–Crippen MR) is 80.6 cm³/mol. The minimum absolute atomic E-state index is 0.120. The van der Waals surface area contributed by atoms with E-state index in [-0.39, 0.29) is 18.1 Å². The molecule has 2 aromatic heterocycles. The first kappa shape index (κ1) is 15.1. The number of nitrogens with zero attached hydrogens (tertiary/aromatic N) is 4. The fourth-order valence-corrected chi connectivity index (χ4v) is 1.85. The van der Waals surface area contributed by atoms with Crippen molar-refractivity contribution < 1.29 is 14.1 Å². The zero-order valence-corrected chi connectivity index (χ0v) is 12.8. The van der Waals surface area contributed by atoms with Crippen LogP contribution in [0.1, 0.15) is 22.0 Å². The quantitative estimate of drug-likeness (QED) is 0.679. The molecule has 23 heavy (non-hydrogen) atoms. The van der Waals surface area contributed by atoms with Gasteiger partial charge >= 0.3 is 5.97 Å². The summed E-state index contributed by atoms with van der Waals surface area (Å²) in [6, 6.07) is 6.95. The van der Waals surface area contributed by atoms with Gasteiger partial charge in [-0.05, 0) is 31.2 Å². The van der Waals surface area contributed by atoms with Crippen LogP contribution in [0.2, 0.25) is 5.02 Å². The number of ether oxygens (including phenoxy) is 1. The molecule has 0 amide bonds. The van der Waals surface area contributed by atoms with Crippen LogP contribution < -0.4 is 0 Å². The number of aromatic nitrogens is 4. The van der Waals surface area contributed by atoms with E-state index in [1.807, 2.05) is 0 Å². The van der Waals surface area contributed by atoms with Gasteiger partial charge in [0.25, 0.3) is 5.89 Å². The van der Waals surface area contributed by atoms with Crippen LogP contribution in [0, 0.1) is 6.92 Å². The van der Waals surface area contributed by atoms with E-state index in [4.69, 9.17) is 20.9 Å². The third-order valence-electron chi connectivity index (χ3n) is 2.88. The molecule has 116 valence electrons. The van der Waals surface area contributed by atoms with Gasteiger partial charge < -0.3 is 9.26 Å². The van der Waals surface area contributed by atoms with Crippen LogP contribution in [0.25, 0.3) is 11.5 Å². The van der Waals surface area contributed by atoms with Crippen molar-refractivity contribution in [3.63, 3.8) is 0 Å². The second-order valence-electron chi connectivity index (χ2n) is 4.64. The Morgan fingerprint density at radius 1 is 1.22 bits per heavy atom. The highest BCUT2D eigenvalue weighted by atomic mass is 35.5. The van der Waals surface area contributed by atoms with Crippen molar-refractivity contribution in [2.45, 2.75) is 13.5 Å². The molecule has 2 heterocycles. The monoisotopic (exact) mass is 330 g/mol. The highest BCUT2D eigenvalue weighted by Crippen LogP contribution is 2.19. The highest BCUT2D eigenvalue weighted by molar-refractivity contribution is 6.30. The van der Waals surface area contributed by atoms with Crippen LogP contribution in [0.4, 0.5) is 0 Å². The molecule has 8 heteroatoms. The van der Waals surface area contributed by atoms with Gasteiger partial charge in [0.2, 0.25) is 5.82 Å². The number of carbonyl (C=O) groups excluding carboxylic acids is 1. The molecule has 7 nitrogen and oxygen atoms in total. The number of hydrogen-bond donors (Lipinski definition) is 0. The Kier molecular flexibility index (Phi) is 4.29. The lowest BCUT2D eigenvalue weighted by atomic mass is 10.2. The minimum Gasteiger partial charge on any atom is -0.453 e. The van der Waals surface area contributed by atoms with Gasteiger partial charge in [0.1, 0.15) is 0 Å². The summed E-state index contributed by atoms with van der Waals surface area (Å²) < 4.78 is 10.2. The third kappa shape index (κ3) is 3.70. The largest absolute Gasteiger partial charge is 0.453 e. The molecule has 0 saturated carbocycles. The van der Waals surface area contributed by atoms with E-state index in [0.717, 1.165) is 5.56 Å². The molecule has 0 fully saturated rings. The summed E-state index contributed by atoms with van der Waals surface area (Å²) in [6.45, 7) is 1.66. The van der Waals surface area contributed by atoms with Gasteiger partial charge in [-0.15, -0.1) is 0 Å². The van der Waals surface area contributed by atoms with E-state index in [1.165, 1.54) is 12.4 Å². The molecule has 0 saturated heterocycles. The van der Waals surface area contributed by atoms with Crippen molar-refractivity contribution in [2.75, 3.05) is 0 Å². The number of hydrogen-bond acceptors (Lipinski definition) is 7. The van der Waals surface area contributed by atoms with E-state index in [2.05, 4.69) is 20.1 Å². The van der Waals surface area contributed by atoms with Crippen LogP contribution >= 0.6 is 11.6 Å². The van der Waals surface area contributed by atoms with Crippen LogP contribution in [-0.2, 0) is 11.3 Å². The lowest BCUT2D eigenvalue weighted by molar-refractivity contribution is 0.0452. The first-order valence-electron chi connectivity index (χ1n) is 6.66. The lowest BCUT2D eigenvalue weighted by Gasteiger charge is -2.00. The van der Waals surface area contributed by atoms with Crippen molar-refractivity contribution in [3.8, 4) is 11.5 Å². The second-order valence-corrected chi connectivity index (χ2v) is 5.08. The van der Waals surface area contributed by atoms with Crippen LogP contribution in [0.3, 0.4) is 0 Å². The predicted octanol–water partition coefficient (Wildman–Crippen LogP) is 2.85. The SMILES string of the molecule is Cc1cnc(C(=O)OCc2noc(-c3ccc(Cl)cc3)n2)cn1. The summed E-state index contributed by atoms with van der Waals surface area (Å²) in [4.78, 5) is 23.9. The smallest absolute Gasteiger partial charge is 0.358 e. The van der Waals surface area contributed by atoms with Gasteiger partial charge in [-0.2, -0.15) is 4.98 Å². The average molecular weight is 331 g/mol. The maximum absolute atomic E-state index is 11.8. The zero-order chi connectivity index (χ0) is 16.2. The van der Waals surface area contributed by atoms with Crippen LogP contribution in [0.5, 0.6) is 0 Å². The molecule has 0 atom stereocenters. The molecule has 0 N–H and O–H groups in total. The van der Waals surface area contributed by atoms with Crippen molar-refractivity contribution in [3.05, 3.63) is 58.9 Å². The number of halogens is 1. The molecule has 1 aromatic carbocycles. The van der Waals surface area contributed by atoms with Gasteiger partial charge in [-0.3, -0.25) is 4.98 Å². The summed E-state index contributed by atoms with van der Waals surface area (Å²) in [7, 11) is 0. The minimum atomic E-state index is -0.602. The van der Waals surface area contributed by atoms with E-state index in [9.17, 15) is 4.79 Å². The first-order valence-corrected chi connectivity index (χ1v) is 7.04. The van der Waals surface area contributed by atoms with Gasteiger partial charge in [0, 0.05) is 16.8 Å². The molecule has 0 aliphatic rings. The topological polar surface area (TPSA) is 91.0 Å². The number of aryl methyl sites for hydroxylation is 1. The molecular weight excluding hydrogens is 320 g/mol. The van der Waals surface area contributed by atoms with Gasteiger partial charge in [-0.1, -0.05) is 16.8 Å². The normalized spacial score (nSPS) is 10.5. The molecule has 0 aliphatic carbocycles. The fraction of sp³-hybridized carbons (Fsp3) is 0.133. The standard InChI is InChI=1S/C15H11ClN4O3/c1-9-6-18-12(7-17-9)15(21)22-8-13-19-14(23-20-13)10-2-4-11(16)5-3-10/h2-7H,8H2,1H3. The summed E-state index contributed by atoms with van der Waals surface area (Å²) in [5.74, 6) is -0.0263. The van der Waals surface area contributed by atoms with Gasteiger partial charge in [0.05, 0.1) is 11.9 Å². The number of carbonyl (C=O) groups is 1. The molecule has 0 unspecified atom stereocenters. The Labute approximate surface area is 136 Å². The van der Waals surface area contributed by atoms with Crippen molar-refractivity contribution >= 4 is 17.6 Å². The van der Waals surface area contributed by atoms with Gasteiger partial charge in [0.15, 0.2) is 12.3 Å². The zero-order valence-electron chi connectivity index (χ0n) is 12.1. The van der Waals surface area contributed by atoms with Crippen LogP contribution in [-0.4, -0.2) is 26.1 Å². The van der Waals surface area contributed by atoms with E-state index >= 15 is 0 Å². The Hall–Kier alpha value is -2.80. The van der Waals surface area contributed by atoms with Crippen LogP contribution in [0.15, 0.2) is 41.2 Å². The van der Waals surface area contributed by atoms with Crippen molar-refractivity contribution in [1.29, 1.82) is 0 Å². The summed E-state index contributed by atoms with van der Waals surface area (Å²) >= 11 is 5.82. The Morgan fingerprint density at radius 3 is 2.70 bits per heavy atom. The summed E-state index contributed by atoms with van der Waals surface area (Å²) in [5.41, 5.74) is 1.56. The number of benzene rings is 1. The molecule has 3 rings (SSSR count). The summed E-state index contributed by atoms with van der Waals surface area (Å²) in [6.07, 6.45) is 2.84. The van der Waals surface area contributed by atoms with E-state index < -0.39 is 5.97 Å². The molecule has 0 bridgehead atoms. The highest BCUT2D eigenvalue weighted by Gasteiger charge is 2.13. The average Bonchev–Trinajstić information content (AvgIpc) is 3.03. The Morgan fingerprint density at radius 2 is 2.00 bits per heavy atom.